The molecule has 0 unspecified atom stereocenters. The minimum atomic E-state index is -1.10. The third kappa shape index (κ3) is 6.45. The number of urea groups is 1. The van der Waals surface area contributed by atoms with Gasteiger partial charge in [0.05, 0.1) is 5.56 Å². The monoisotopic (exact) mass is 386 g/mol. The smallest absolute Gasteiger partial charge is 0.340 e. The Morgan fingerprint density at radius 3 is 2.41 bits per heavy atom. The van der Waals surface area contributed by atoms with Crippen LogP contribution in [0.1, 0.15) is 29.8 Å². The Morgan fingerprint density at radius 2 is 1.70 bits per heavy atom. The van der Waals surface area contributed by atoms with E-state index in [4.69, 9.17) is 4.74 Å². The maximum atomic E-state index is 12.3. The Balaban J connectivity index is 1.86. The molecule has 27 heavy (non-hydrogen) atoms. The third-order valence-corrected chi connectivity index (χ3v) is 4.55. The van der Waals surface area contributed by atoms with Gasteiger partial charge in [-0.3, -0.25) is 10.1 Å². The summed E-state index contributed by atoms with van der Waals surface area (Å²) in [5.74, 6) is -0.476. The van der Waals surface area contributed by atoms with Crippen LogP contribution in [0.4, 0.5) is 4.79 Å². The summed E-state index contributed by atoms with van der Waals surface area (Å²) < 4.78 is 5.20. The first-order chi connectivity index (χ1) is 13.0. The Hall–Kier alpha value is -2.80. The van der Waals surface area contributed by atoms with E-state index < -0.39 is 24.0 Å². The zero-order valence-corrected chi connectivity index (χ0v) is 16.0. The lowest BCUT2D eigenvalue weighted by atomic mass is 10.2. The summed E-state index contributed by atoms with van der Waals surface area (Å²) in [6, 6.07) is 15.7. The number of imide groups is 1. The standard InChI is InChI=1S/C20H22N2O4S/c1-3-27-17-12-8-7-11-16(17)19(24)26-14(2)18(23)22-20(25)21-13-15-9-5-4-6-10-15/h4-12,14H,3,13H2,1-2H3,(H2,21,22,23,25)/t14-/m1/s1. The van der Waals surface area contributed by atoms with Crippen molar-refractivity contribution in [1.29, 1.82) is 0 Å². The van der Waals surface area contributed by atoms with Crippen LogP contribution in [0.3, 0.4) is 0 Å². The van der Waals surface area contributed by atoms with Gasteiger partial charge in [-0.15, -0.1) is 11.8 Å². The topological polar surface area (TPSA) is 84.5 Å². The first-order valence-corrected chi connectivity index (χ1v) is 9.55. The average Bonchev–Trinajstić information content (AvgIpc) is 2.67. The number of carbonyl (C=O) groups excluding carboxylic acids is 3. The molecule has 0 aliphatic rings. The van der Waals surface area contributed by atoms with Gasteiger partial charge in [0.1, 0.15) is 0 Å². The molecule has 0 aromatic heterocycles. The highest BCUT2D eigenvalue weighted by atomic mass is 32.2. The lowest BCUT2D eigenvalue weighted by Crippen LogP contribution is -2.44. The van der Waals surface area contributed by atoms with Crippen molar-refractivity contribution >= 4 is 29.7 Å². The quantitative estimate of drug-likeness (QED) is 0.563. The Morgan fingerprint density at radius 1 is 1.04 bits per heavy atom. The van der Waals surface area contributed by atoms with Crippen LogP contribution in [0.5, 0.6) is 0 Å². The van der Waals surface area contributed by atoms with Crippen molar-refractivity contribution in [2.45, 2.75) is 31.4 Å². The van der Waals surface area contributed by atoms with Crippen LogP contribution >= 0.6 is 11.8 Å². The number of thioether (sulfide) groups is 1. The highest BCUT2D eigenvalue weighted by Gasteiger charge is 2.22. The summed E-state index contributed by atoms with van der Waals surface area (Å²) in [5, 5.41) is 4.76. The van der Waals surface area contributed by atoms with Crippen LogP contribution in [0, 0.1) is 0 Å². The van der Waals surface area contributed by atoms with Crippen molar-refractivity contribution in [2.75, 3.05) is 5.75 Å². The SMILES string of the molecule is CCSc1ccccc1C(=O)O[C@H](C)C(=O)NC(=O)NCc1ccccc1. The van der Waals surface area contributed by atoms with E-state index in [0.717, 1.165) is 16.2 Å². The molecule has 7 heteroatoms. The number of hydrogen-bond acceptors (Lipinski definition) is 5. The molecule has 2 aromatic rings. The van der Waals surface area contributed by atoms with Gasteiger partial charge in [0.15, 0.2) is 6.10 Å². The molecule has 0 aliphatic heterocycles. The lowest BCUT2D eigenvalue weighted by molar-refractivity contribution is -0.127. The van der Waals surface area contributed by atoms with Crippen molar-refractivity contribution in [3.8, 4) is 0 Å². The Kier molecular flexibility index (Phi) is 7.88. The number of hydrogen-bond donors (Lipinski definition) is 2. The molecule has 142 valence electrons. The van der Waals surface area contributed by atoms with E-state index in [9.17, 15) is 14.4 Å². The van der Waals surface area contributed by atoms with E-state index in [1.807, 2.05) is 49.4 Å². The molecule has 0 saturated carbocycles. The van der Waals surface area contributed by atoms with E-state index in [1.165, 1.54) is 18.7 Å². The third-order valence-electron chi connectivity index (χ3n) is 3.59. The molecule has 3 amide bonds. The van der Waals surface area contributed by atoms with Gasteiger partial charge in [-0.25, -0.2) is 9.59 Å². The number of esters is 1. The van der Waals surface area contributed by atoms with E-state index >= 15 is 0 Å². The number of benzene rings is 2. The minimum Gasteiger partial charge on any atom is -0.449 e. The molecule has 2 rings (SSSR count). The number of nitrogens with one attached hydrogen (secondary N) is 2. The molecule has 0 radical (unpaired) electrons. The van der Waals surface area contributed by atoms with Gasteiger partial charge >= 0.3 is 12.0 Å². The summed E-state index contributed by atoms with van der Waals surface area (Å²) in [7, 11) is 0. The molecule has 2 N–H and O–H groups in total. The van der Waals surface area contributed by atoms with Gasteiger partial charge in [0, 0.05) is 11.4 Å². The predicted molar refractivity (Wildman–Crippen MR) is 105 cm³/mol. The highest BCUT2D eigenvalue weighted by Crippen LogP contribution is 2.23. The fourth-order valence-corrected chi connectivity index (χ4v) is 3.02. The van der Waals surface area contributed by atoms with Crippen LogP contribution < -0.4 is 10.6 Å². The van der Waals surface area contributed by atoms with Crippen molar-refractivity contribution in [3.05, 3.63) is 65.7 Å². The first kappa shape index (κ1) is 20.5. The summed E-state index contributed by atoms with van der Waals surface area (Å²) in [4.78, 5) is 37.1. The van der Waals surface area contributed by atoms with Gasteiger partial charge in [-0.2, -0.15) is 0 Å². The molecule has 0 bridgehead atoms. The van der Waals surface area contributed by atoms with Crippen LogP contribution in [-0.2, 0) is 16.1 Å². The van der Waals surface area contributed by atoms with Gasteiger partial charge in [-0.1, -0.05) is 49.4 Å². The van der Waals surface area contributed by atoms with Gasteiger partial charge in [0.2, 0.25) is 0 Å². The fourth-order valence-electron chi connectivity index (χ4n) is 2.23. The Labute approximate surface area is 162 Å². The Bertz CT molecular complexity index is 796. The van der Waals surface area contributed by atoms with Crippen LogP contribution in [0.25, 0.3) is 0 Å². The number of ether oxygens (including phenoxy) is 1. The van der Waals surface area contributed by atoms with Crippen LogP contribution in [0.15, 0.2) is 59.5 Å². The van der Waals surface area contributed by atoms with Crippen LogP contribution in [-0.4, -0.2) is 29.8 Å². The zero-order chi connectivity index (χ0) is 19.6. The van der Waals surface area contributed by atoms with E-state index in [2.05, 4.69) is 10.6 Å². The number of carbonyl (C=O) groups is 3. The van der Waals surface area contributed by atoms with Crippen molar-refractivity contribution in [3.63, 3.8) is 0 Å². The zero-order valence-electron chi connectivity index (χ0n) is 15.2. The van der Waals surface area contributed by atoms with Gasteiger partial charge < -0.3 is 10.1 Å². The fraction of sp³-hybridized carbons (Fsp3) is 0.250. The summed E-state index contributed by atoms with van der Waals surface area (Å²) in [6.07, 6.45) is -1.10. The molecule has 6 nitrogen and oxygen atoms in total. The van der Waals surface area contributed by atoms with Crippen molar-refractivity contribution in [2.24, 2.45) is 0 Å². The maximum Gasteiger partial charge on any atom is 0.340 e. The largest absolute Gasteiger partial charge is 0.449 e. The summed E-state index contributed by atoms with van der Waals surface area (Å²) in [5.41, 5.74) is 1.31. The average molecular weight is 386 g/mol. The van der Waals surface area contributed by atoms with E-state index in [-0.39, 0.29) is 6.54 Å². The molecule has 1 atom stereocenters. The number of rotatable bonds is 7. The normalized spacial score (nSPS) is 11.3. The first-order valence-electron chi connectivity index (χ1n) is 8.56. The van der Waals surface area contributed by atoms with Crippen LogP contribution in [0.2, 0.25) is 0 Å². The van der Waals surface area contributed by atoms with Crippen molar-refractivity contribution < 1.29 is 19.1 Å². The molecule has 0 aliphatic carbocycles. The number of amides is 3. The molecule has 0 fully saturated rings. The molecule has 0 saturated heterocycles. The van der Waals surface area contributed by atoms with E-state index in [1.54, 1.807) is 12.1 Å². The minimum absolute atomic E-state index is 0.287. The van der Waals surface area contributed by atoms with E-state index in [0.29, 0.717) is 5.56 Å². The second-order valence-electron chi connectivity index (χ2n) is 5.63. The van der Waals surface area contributed by atoms with Crippen molar-refractivity contribution in [1.82, 2.24) is 10.6 Å². The molecule has 0 spiro atoms. The summed E-state index contributed by atoms with van der Waals surface area (Å²) >= 11 is 1.52. The maximum absolute atomic E-state index is 12.3. The predicted octanol–water partition coefficient (Wildman–Crippen LogP) is 3.37. The molecular weight excluding hydrogens is 364 g/mol. The second-order valence-corrected chi connectivity index (χ2v) is 6.94. The molecule has 0 heterocycles. The van der Waals surface area contributed by atoms with Gasteiger partial charge in [-0.05, 0) is 30.4 Å². The highest BCUT2D eigenvalue weighted by molar-refractivity contribution is 7.99. The van der Waals surface area contributed by atoms with Gasteiger partial charge in [0.25, 0.3) is 5.91 Å². The molecule has 2 aromatic carbocycles. The summed E-state index contributed by atoms with van der Waals surface area (Å²) in [6.45, 7) is 3.69. The molecular formula is C20H22N2O4S. The second kappa shape index (κ2) is 10.4. The lowest BCUT2D eigenvalue weighted by Gasteiger charge is -2.14.